The predicted octanol–water partition coefficient (Wildman–Crippen LogP) is 5.42. The van der Waals surface area contributed by atoms with Gasteiger partial charge < -0.3 is 4.57 Å². The van der Waals surface area contributed by atoms with E-state index < -0.39 is 0 Å². The van der Waals surface area contributed by atoms with Crippen molar-refractivity contribution in [1.29, 1.82) is 0 Å². The Bertz CT molecular complexity index is 666. The van der Waals surface area contributed by atoms with Crippen LogP contribution in [0.1, 0.15) is 37.8 Å². The number of hydrogen-bond donors (Lipinski definition) is 0. The standard InChI is InChI=1S/C19H21N/c1-2-3-12-18(16-9-5-4-6-10-16)20-15-14-17-11-7-8-13-19(17)20/h4-11,13-15,18H,2-3,12H2,1H3. The second-order valence-corrected chi connectivity index (χ2v) is 5.35. The van der Waals surface area contributed by atoms with Crippen LogP contribution in [0.15, 0.2) is 66.9 Å². The third-order valence-electron chi connectivity index (χ3n) is 3.98. The van der Waals surface area contributed by atoms with E-state index >= 15 is 0 Å². The van der Waals surface area contributed by atoms with Gasteiger partial charge in [-0.15, -0.1) is 0 Å². The van der Waals surface area contributed by atoms with E-state index in [0.29, 0.717) is 6.04 Å². The van der Waals surface area contributed by atoms with Gasteiger partial charge in [0.05, 0.1) is 6.04 Å². The Morgan fingerprint density at radius 2 is 1.65 bits per heavy atom. The molecule has 0 aliphatic heterocycles. The summed E-state index contributed by atoms with van der Waals surface area (Å²) in [4.78, 5) is 0. The zero-order valence-electron chi connectivity index (χ0n) is 12.0. The molecule has 0 saturated heterocycles. The van der Waals surface area contributed by atoms with Crippen LogP contribution in [-0.4, -0.2) is 4.57 Å². The van der Waals surface area contributed by atoms with Gasteiger partial charge in [0.25, 0.3) is 0 Å². The molecule has 1 unspecified atom stereocenters. The monoisotopic (exact) mass is 263 g/mol. The van der Waals surface area contributed by atoms with Crippen molar-refractivity contribution in [1.82, 2.24) is 4.57 Å². The van der Waals surface area contributed by atoms with Crippen molar-refractivity contribution >= 4 is 10.9 Å². The summed E-state index contributed by atoms with van der Waals surface area (Å²) in [6.07, 6.45) is 5.92. The van der Waals surface area contributed by atoms with Gasteiger partial charge in [0.2, 0.25) is 0 Å². The van der Waals surface area contributed by atoms with Crippen molar-refractivity contribution in [3.8, 4) is 0 Å². The van der Waals surface area contributed by atoms with E-state index in [2.05, 4.69) is 78.4 Å². The minimum absolute atomic E-state index is 0.441. The van der Waals surface area contributed by atoms with Crippen LogP contribution in [0.2, 0.25) is 0 Å². The first-order valence-electron chi connectivity index (χ1n) is 7.50. The van der Waals surface area contributed by atoms with Gasteiger partial charge in [-0.2, -0.15) is 0 Å². The molecule has 0 aliphatic carbocycles. The SMILES string of the molecule is CCCCC(c1ccccc1)n1ccc2ccccc21. The fraction of sp³-hybridized carbons (Fsp3) is 0.263. The normalized spacial score (nSPS) is 12.7. The lowest BCUT2D eigenvalue weighted by Crippen LogP contribution is -2.09. The second kappa shape index (κ2) is 5.96. The summed E-state index contributed by atoms with van der Waals surface area (Å²) in [6, 6.07) is 22.2. The van der Waals surface area contributed by atoms with E-state index in [1.165, 1.54) is 35.7 Å². The van der Waals surface area contributed by atoms with Crippen LogP contribution in [0.5, 0.6) is 0 Å². The van der Waals surface area contributed by atoms with Crippen molar-refractivity contribution in [2.45, 2.75) is 32.2 Å². The predicted molar refractivity (Wildman–Crippen MR) is 86.0 cm³/mol. The number of hydrogen-bond acceptors (Lipinski definition) is 0. The van der Waals surface area contributed by atoms with Crippen molar-refractivity contribution in [2.75, 3.05) is 0 Å². The minimum Gasteiger partial charge on any atom is -0.340 e. The fourth-order valence-electron chi connectivity index (χ4n) is 2.92. The third-order valence-corrected chi connectivity index (χ3v) is 3.98. The zero-order valence-corrected chi connectivity index (χ0v) is 12.0. The maximum absolute atomic E-state index is 2.43. The molecule has 1 atom stereocenters. The molecular formula is C19H21N. The number of nitrogens with zero attached hydrogens (tertiary/aromatic N) is 1. The lowest BCUT2D eigenvalue weighted by molar-refractivity contribution is 0.529. The molecule has 0 bridgehead atoms. The molecule has 0 saturated carbocycles. The van der Waals surface area contributed by atoms with E-state index in [9.17, 15) is 0 Å². The average molecular weight is 263 g/mol. The van der Waals surface area contributed by atoms with E-state index in [1.807, 2.05) is 0 Å². The molecular weight excluding hydrogens is 242 g/mol. The van der Waals surface area contributed by atoms with Crippen LogP contribution in [0, 0.1) is 0 Å². The molecule has 0 radical (unpaired) electrons. The summed E-state index contributed by atoms with van der Waals surface area (Å²) in [5.41, 5.74) is 2.74. The Labute approximate surface area is 120 Å². The Morgan fingerprint density at radius 1 is 0.900 bits per heavy atom. The highest BCUT2D eigenvalue weighted by Crippen LogP contribution is 2.28. The first-order chi connectivity index (χ1) is 9.90. The Kier molecular flexibility index (Phi) is 3.87. The number of aromatic nitrogens is 1. The quantitative estimate of drug-likeness (QED) is 0.579. The maximum Gasteiger partial charge on any atom is 0.0585 e. The second-order valence-electron chi connectivity index (χ2n) is 5.35. The van der Waals surface area contributed by atoms with Crippen LogP contribution < -0.4 is 0 Å². The third kappa shape index (κ3) is 2.49. The van der Waals surface area contributed by atoms with E-state index in [4.69, 9.17) is 0 Å². The summed E-state index contributed by atoms with van der Waals surface area (Å²) in [5, 5.41) is 1.32. The molecule has 0 N–H and O–H groups in total. The highest BCUT2D eigenvalue weighted by molar-refractivity contribution is 5.80. The fourth-order valence-corrected chi connectivity index (χ4v) is 2.92. The molecule has 1 aromatic heterocycles. The van der Waals surface area contributed by atoms with E-state index in [-0.39, 0.29) is 0 Å². The zero-order chi connectivity index (χ0) is 13.8. The van der Waals surface area contributed by atoms with Gasteiger partial charge in [-0.25, -0.2) is 0 Å². The van der Waals surface area contributed by atoms with Crippen LogP contribution in [0.4, 0.5) is 0 Å². The van der Waals surface area contributed by atoms with Gasteiger partial charge in [0.15, 0.2) is 0 Å². The van der Waals surface area contributed by atoms with Gasteiger partial charge in [-0.3, -0.25) is 0 Å². The minimum atomic E-state index is 0.441. The van der Waals surface area contributed by atoms with E-state index in [0.717, 1.165) is 0 Å². The van der Waals surface area contributed by atoms with Gasteiger partial charge in [0.1, 0.15) is 0 Å². The summed E-state index contributed by atoms with van der Waals surface area (Å²) in [7, 11) is 0. The summed E-state index contributed by atoms with van der Waals surface area (Å²) < 4.78 is 2.43. The molecule has 0 spiro atoms. The molecule has 20 heavy (non-hydrogen) atoms. The van der Waals surface area contributed by atoms with Crippen molar-refractivity contribution in [2.24, 2.45) is 0 Å². The Hall–Kier alpha value is -2.02. The molecule has 1 heteroatoms. The van der Waals surface area contributed by atoms with Crippen molar-refractivity contribution in [3.63, 3.8) is 0 Å². The molecule has 3 rings (SSSR count). The van der Waals surface area contributed by atoms with Crippen LogP contribution in [-0.2, 0) is 0 Å². The number of unbranched alkanes of at least 4 members (excludes halogenated alkanes) is 1. The van der Waals surface area contributed by atoms with Gasteiger partial charge in [-0.1, -0.05) is 68.3 Å². The lowest BCUT2D eigenvalue weighted by Gasteiger charge is -2.20. The number of benzene rings is 2. The van der Waals surface area contributed by atoms with Crippen molar-refractivity contribution < 1.29 is 0 Å². The average Bonchev–Trinajstić information content (AvgIpc) is 2.93. The summed E-state index contributed by atoms with van der Waals surface area (Å²) in [5.74, 6) is 0. The Morgan fingerprint density at radius 3 is 2.45 bits per heavy atom. The number of para-hydroxylation sites is 1. The van der Waals surface area contributed by atoms with Gasteiger partial charge >= 0.3 is 0 Å². The largest absolute Gasteiger partial charge is 0.340 e. The molecule has 1 heterocycles. The maximum atomic E-state index is 2.43. The van der Waals surface area contributed by atoms with Crippen LogP contribution in [0.3, 0.4) is 0 Å². The van der Waals surface area contributed by atoms with Crippen LogP contribution >= 0.6 is 0 Å². The van der Waals surface area contributed by atoms with Gasteiger partial charge in [0, 0.05) is 11.7 Å². The van der Waals surface area contributed by atoms with Gasteiger partial charge in [-0.05, 0) is 29.5 Å². The molecule has 3 aromatic rings. The summed E-state index contributed by atoms with van der Waals surface area (Å²) in [6.45, 7) is 2.26. The number of rotatable bonds is 5. The van der Waals surface area contributed by atoms with E-state index in [1.54, 1.807) is 0 Å². The van der Waals surface area contributed by atoms with Crippen molar-refractivity contribution in [3.05, 3.63) is 72.4 Å². The smallest absolute Gasteiger partial charge is 0.0585 e. The first-order valence-corrected chi connectivity index (χ1v) is 7.50. The molecule has 0 aliphatic rings. The lowest BCUT2D eigenvalue weighted by atomic mass is 10.0. The Balaban J connectivity index is 2.05. The first kappa shape index (κ1) is 13.0. The molecule has 0 fully saturated rings. The molecule has 1 nitrogen and oxygen atoms in total. The topological polar surface area (TPSA) is 4.93 Å². The highest BCUT2D eigenvalue weighted by Gasteiger charge is 2.14. The molecule has 0 amide bonds. The van der Waals surface area contributed by atoms with Crippen LogP contribution in [0.25, 0.3) is 10.9 Å². The molecule has 2 aromatic carbocycles. The molecule has 102 valence electrons. The number of fused-ring (bicyclic) bond motifs is 1. The highest BCUT2D eigenvalue weighted by atomic mass is 15.0. The summed E-state index contributed by atoms with van der Waals surface area (Å²) >= 11 is 0.